The van der Waals surface area contributed by atoms with Gasteiger partial charge in [-0.2, -0.15) is 0 Å². The molecule has 6 heteroatoms. The van der Waals surface area contributed by atoms with E-state index < -0.39 is 5.60 Å². The molecule has 2 atom stereocenters. The van der Waals surface area contributed by atoms with Crippen molar-refractivity contribution >= 4 is 22.0 Å². The van der Waals surface area contributed by atoms with Crippen molar-refractivity contribution in [3.05, 3.63) is 28.5 Å². The van der Waals surface area contributed by atoms with E-state index in [0.29, 0.717) is 6.04 Å². The number of carbonyl (C=O) groups is 1. The minimum atomic E-state index is -0.429. The number of carbonyl (C=O) groups excluding carboxylic acids is 1. The lowest BCUT2D eigenvalue weighted by atomic mass is 10.2. The number of amides is 1. The van der Waals surface area contributed by atoms with Crippen LogP contribution in [0.3, 0.4) is 0 Å². The highest BCUT2D eigenvalue weighted by Gasteiger charge is 2.46. The van der Waals surface area contributed by atoms with Crippen LogP contribution < -0.4 is 0 Å². The molecule has 1 amide bonds. The lowest BCUT2D eigenvalue weighted by molar-refractivity contribution is 0.0124. The molecular formula is C16H22BrN3O2. The molecular weight excluding hydrogens is 346 g/mol. The van der Waals surface area contributed by atoms with Gasteiger partial charge < -0.3 is 9.64 Å². The zero-order valence-corrected chi connectivity index (χ0v) is 14.8. The van der Waals surface area contributed by atoms with Gasteiger partial charge >= 0.3 is 6.09 Å². The average Bonchev–Trinajstić information content (AvgIpc) is 2.99. The molecule has 0 N–H and O–H groups in total. The highest BCUT2D eigenvalue weighted by molar-refractivity contribution is 9.10. The van der Waals surface area contributed by atoms with Crippen molar-refractivity contribution in [3.8, 4) is 0 Å². The van der Waals surface area contributed by atoms with Crippen molar-refractivity contribution in [2.45, 2.75) is 51.4 Å². The van der Waals surface area contributed by atoms with Gasteiger partial charge in [-0.05, 0) is 54.8 Å². The zero-order chi connectivity index (χ0) is 15.9. The molecule has 5 nitrogen and oxygen atoms in total. The first-order valence-corrected chi connectivity index (χ1v) is 8.45. The molecule has 3 heterocycles. The molecule has 120 valence electrons. The van der Waals surface area contributed by atoms with E-state index >= 15 is 0 Å². The van der Waals surface area contributed by atoms with E-state index in [2.05, 4.69) is 31.9 Å². The summed E-state index contributed by atoms with van der Waals surface area (Å²) in [6, 6.07) is 4.77. The molecule has 2 saturated heterocycles. The molecule has 0 saturated carbocycles. The summed E-state index contributed by atoms with van der Waals surface area (Å²) in [5, 5.41) is 0. The average molecular weight is 368 g/mol. The molecule has 0 radical (unpaired) electrons. The number of likely N-dealkylation sites (tertiary alicyclic amines) is 2. The molecule has 22 heavy (non-hydrogen) atoms. The van der Waals surface area contributed by atoms with Crippen molar-refractivity contribution in [1.82, 2.24) is 14.8 Å². The number of hydrogen-bond acceptors (Lipinski definition) is 4. The quantitative estimate of drug-likeness (QED) is 0.753. The molecule has 3 rings (SSSR count). The van der Waals surface area contributed by atoms with Gasteiger partial charge in [-0.15, -0.1) is 0 Å². The van der Waals surface area contributed by atoms with Crippen molar-refractivity contribution in [3.63, 3.8) is 0 Å². The van der Waals surface area contributed by atoms with Gasteiger partial charge in [0.25, 0.3) is 0 Å². The van der Waals surface area contributed by atoms with Crippen LogP contribution in [0.5, 0.6) is 0 Å². The first-order valence-electron chi connectivity index (χ1n) is 7.66. The second-order valence-electron chi connectivity index (χ2n) is 7.09. The summed E-state index contributed by atoms with van der Waals surface area (Å²) in [5.74, 6) is 0. The molecule has 0 spiro atoms. The minimum absolute atomic E-state index is 0.176. The van der Waals surface area contributed by atoms with Crippen LogP contribution in [0, 0.1) is 0 Å². The smallest absolute Gasteiger partial charge is 0.410 e. The van der Waals surface area contributed by atoms with Crippen LogP contribution in [0.25, 0.3) is 0 Å². The Bertz CT molecular complexity index is 556. The molecule has 1 aromatic heterocycles. The first kappa shape index (κ1) is 15.7. The molecule has 2 aliphatic rings. The summed E-state index contributed by atoms with van der Waals surface area (Å²) < 4.78 is 6.35. The maximum absolute atomic E-state index is 12.2. The minimum Gasteiger partial charge on any atom is -0.444 e. The third kappa shape index (κ3) is 3.43. The van der Waals surface area contributed by atoms with Crippen molar-refractivity contribution in [2.24, 2.45) is 0 Å². The van der Waals surface area contributed by atoms with E-state index in [0.717, 1.165) is 30.7 Å². The molecule has 1 aromatic rings. The standard InChI is InChI=1S/C16H22BrN3O2/c1-16(2,3)22-15(21)20-10-12-6-13(20)9-19(12)8-11-4-5-14(17)18-7-11/h4-5,7,12-13H,6,8-10H2,1-3H3/t12-,13-/m0/s1. The number of rotatable bonds is 2. The van der Waals surface area contributed by atoms with Crippen LogP contribution in [-0.4, -0.2) is 51.7 Å². The molecule has 0 aliphatic carbocycles. The van der Waals surface area contributed by atoms with Gasteiger partial charge in [0.1, 0.15) is 10.2 Å². The van der Waals surface area contributed by atoms with E-state index in [9.17, 15) is 4.79 Å². The van der Waals surface area contributed by atoms with Gasteiger partial charge in [-0.25, -0.2) is 9.78 Å². The Morgan fingerprint density at radius 1 is 1.36 bits per heavy atom. The summed E-state index contributed by atoms with van der Waals surface area (Å²) in [5.41, 5.74) is 0.779. The van der Waals surface area contributed by atoms with Crippen LogP contribution in [0.15, 0.2) is 22.9 Å². The lowest BCUT2D eigenvalue weighted by Crippen LogP contribution is -2.49. The topological polar surface area (TPSA) is 45.7 Å². The van der Waals surface area contributed by atoms with Gasteiger partial charge in [0.15, 0.2) is 0 Å². The van der Waals surface area contributed by atoms with Crippen LogP contribution in [0.1, 0.15) is 32.8 Å². The fourth-order valence-electron chi connectivity index (χ4n) is 3.22. The Morgan fingerprint density at radius 2 is 2.14 bits per heavy atom. The lowest BCUT2D eigenvalue weighted by Gasteiger charge is -2.35. The largest absolute Gasteiger partial charge is 0.444 e. The number of fused-ring (bicyclic) bond motifs is 2. The number of halogens is 1. The third-order valence-corrected chi connectivity index (χ3v) is 4.63. The summed E-state index contributed by atoms with van der Waals surface area (Å²) in [6.45, 7) is 8.30. The maximum Gasteiger partial charge on any atom is 0.410 e. The number of nitrogens with zero attached hydrogens (tertiary/aromatic N) is 3. The Labute approximate surface area is 139 Å². The zero-order valence-electron chi connectivity index (χ0n) is 13.3. The number of piperazine rings is 1. The van der Waals surface area contributed by atoms with Gasteiger partial charge in [0.05, 0.1) is 0 Å². The van der Waals surface area contributed by atoms with E-state index in [-0.39, 0.29) is 12.1 Å². The Morgan fingerprint density at radius 3 is 2.68 bits per heavy atom. The summed E-state index contributed by atoms with van der Waals surface area (Å²) >= 11 is 3.36. The summed E-state index contributed by atoms with van der Waals surface area (Å²) in [4.78, 5) is 20.8. The van der Waals surface area contributed by atoms with Crippen molar-refractivity contribution < 1.29 is 9.53 Å². The third-order valence-electron chi connectivity index (χ3n) is 4.16. The SMILES string of the molecule is CC(C)(C)OC(=O)N1C[C@@H]2C[C@H]1CN2Cc1ccc(Br)nc1. The Balaban J connectivity index is 1.58. The van der Waals surface area contributed by atoms with Gasteiger partial charge in [0, 0.05) is 37.9 Å². The van der Waals surface area contributed by atoms with E-state index in [1.807, 2.05) is 37.9 Å². The fourth-order valence-corrected chi connectivity index (χ4v) is 3.46. The number of hydrogen-bond donors (Lipinski definition) is 0. The Kier molecular flexibility index (Phi) is 4.16. The normalized spacial score (nSPS) is 24.8. The van der Waals surface area contributed by atoms with Crippen LogP contribution in [0.2, 0.25) is 0 Å². The molecule has 2 aliphatic heterocycles. The number of aromatic nitrogens is 1. The predicted molar refractivity (Wildman–Crippen MR) is 87.5 cm³/mol. The first-order chi connectivity index (χ1) is 10.3. The van der Waals surface area contributed by atoms with Gasteiger partial charge in [-0.1, -0.05) is 6.07 Å². The highest BCUT2D eigenvalue weighted by Crippen LogP contribution is 2.32. The predicted octanol–water partition coefficient (Wildman–Crippen LogP) is 3.04. The summed E-state index contributed by atoms with van der Waals surface area (Å²) in [7, 11) is 0. The monoisotopic (exact) mass is 367 g/mol. The molecule has 0 aromatic carbocycles. The van der Waals surface area contributed by atoms with Crippen LogP contribution in [-0.2, 0) is 11.3 Å². The summed E-state index contributed by atoms with van der Waals surface area (Å²) in [6.07, 6.45) is 2.77. The molecule has 2 bridgehead atoms. The maximum atomic E-state index is 12.2. The van der Waals surface area contributed by atoms with Crippen molar-refractivity contribution in [2.75, 3.05) is 13.1 Å². The van der Waals surface area contributed by atoms with Gasteiger partial charge in [0.2, 0.25) is 0 Å². The van der Waals surface area contributed by atoms with Crippen LogP contribution in [0.4, 0.5) is 4.79 Å². The van der Waals surface area contributed by atoms with Crippen LogP contribution >= 0.6 is 15.9 Å². The fraction of sp³-hybridized carbons (Fsp3) is 0.625. The Hall–Kier alpha value is -1.14. The molecule has 0 unspecified atom stereocenters. The second-order valence-corrected chi connectivity index (χ2v) is 7.91. The number of pyridine rings is 1. The second kappa shape index (κ2) is 5.81. The number of ether oxygens (including phenoxy) is 1. The van der Waals surface area contributed by atoms with E-state index in [1.54, 1.807) is 0 Å². The van der Waals surface area contributed by atoms with Crippen molar-refractivity contribution in [1.29, 1.82) is 0 Å². The molecule has 2 fully saturated rings. The highest BCUT2D eigenvalue weighted by atomic mass is 79.9. The van der Waals surface area contributed by atoms with E-state index in [4.69, 9.17) is 4.74 Å². The van der Waals surface area contributed by atoms with Gasteiger partial charge in [-0.3, -0.25) is 4.90 Å². The van der Waals surface area contributed by atoms with E-state index in [1.165, 1.54) is 5.56 Å².